The second-order valence-corrected chi connectivity index (χ2v) is 3.72. The van der Waals surface area contributed by atoms with E-state index in [0.29, 0.717) is 0 Å². The van der Waals surface area contributed by atoms with Gasteiger partial charge in [-0.25, -0.2) is 0 Å². The zero-order chi connectivity index (χ0) is 13.3. The molecule has 6 nitrogen and oxygen atoms in total. The summed E-state index contributed by atoms with van der Waals surface area (Å²) in [5.41, 5.74) is 5.31. The van der Waals surface area contributed by atoms with Gasteiger partial charge in [-0.2, -0.15) is 9.37 Å². The molecule has 8 heteroatoms. The van der Waals surface area contributed by atoms with Gasteiger partial charge in [0.05, 0.1) is 24.2 Å². The van der Waals surface area contributed by atoms with E-state index in [1.54, 1.807) is 0 Å². The Morgan fingerprint density at radius 1 is 1.61 bits per heavy atom. The largest absolute Gasteiger partial charge is 0.504 e. The number of ether oxygens (including phenoxy) is 1. The number of nitrogens with two attached hydrogens (primary N) is 1. The number of phenols is 1. The Kier molecular flexibility index (Phi) is 3.35. The minimum Gasteiger partial charge on any atom is -0.504 e. The molecule has 2 rings (SSSR count). The number of halogens is 2. The molecule has 2 aromatic rings. The maximum Gasteiger partial charge on any atom is 0.240 e. The van der Waals surface area contributed by atoms with E-state index < -0.39 is 11.6 Å². The lowest BCUT2D eigenvalue weighted by atomic mass is 10.1. The Morgan fingerprint density at radius 2 is 2.33 bits per heavy atom. The lowest BCUT2D eigenvalue weighted by Crippen LogP contribution is -1.96. The van der Waals surface area contributed by atoms with Crippen molar-refractivity contribution in [2.24, 2.45) is 5.73 Å². The average molecular weight is 274 g/mol. The summed E-state index contributed by atoms with van der Waals surface area (Å²) in [7, 11) is 1.24. The van der Waals surface area contributed by atoms with E-state index in [1.165, 1.54) is 13.2 Å². The van der Waals surface area contributed by atoms with Gasteiger partial charge in [0.15, 0.2) is 11.5 Å². The van der Waals surface area contributed by atoms with Crippen LogP contribution in [0.1, 0.15) is 5.89 Å². The Hall–Kier alpha value is -1.86. The normalized spacial score (nSPS) is 10.7. The lowest BCUT2D eigenvalue weighted by molar-refractivity contribution is 0.364. The summed E-state index contributed by atoms with van der Waals surface area (Å²) in [6.45, 7) is 0.0418. The third-order valence-corrected chi connectivity index (χ3v) is 2.52. The molecule has 1 aromatic carbocycles. The van der Waals surface area contributed by atoms with Crippen LogP contribution >= 0.6 is 11.6 Å². The van der Waals surface area contributed by atoms with Crippen LogP contribution < -0.4 is 10.5 Å². The van der Waals surface area contributed by atoms with Gasteiger partial charge in [-0.15, -0.1) is 0 Å². The molecule has 0 unspecified atom stereocenters. The van der Waals surface area contributed by atoms with Gasteiger partial charge in [-0.05, 0) is 6.07 Å². The number of phenolic OH excluding ortho intramolecular Hbond substituents is 1. The molecule has 96 valence electrons. The summed E-state index contributed by atoms with van der Waals surface area (Å²) in [4.78, 5) is 3.87. The van der Waals surface area contributed by atoms with Gasteiger partial charge in [0.25, 0.3) is 0 Å². The third kappa shape index (κ3) is 1.98. The van der Waals surface area contributed by atoms with Crippen LogP contribution in [0.4, 0.5) is 4.39 Å². The molecule has 1 aromatic heterocycles. The van der Waals surface area contributed by atoms with Crippen LogP contribution in [0.2, 0.25) is 5.02 Å². The number of hydrogen-bond donors (Lipinski definition) is 2. The molecule has 0 saturated heterocycles. The average Bonchev–Trinajstić information content (AvgIpc) is 2.83. The number of hydrogen-bond acceptors (Lipinski definition) is 6. The van der Waals surface area contributed by atoms with Crippen LogP contribution in [0.5, 0.6) is 11.5 Å². The van der Waals surface area contributed by atoms with Crippen molar-refractivity contribution in [1.82, 2.24) is 10.1 Å². The van der Waals surface area contributed by atoms with Crippen molar-refractivity contribution < 1.29 is 18.8 Å². The van der Waals surface area contributed by atoms with Crippen LogP contribution in [-0.4, -0.2) is 22.4 Å². The van der Waals surface area contributed by atoms with Crippen LogP contribution in [0.25, 0.3) is 11.4 Å². The second-order valence-electron chi connectivity index (χ2n) is 3.32. The van der Waals surface area contributed by atoms with Crippen molar-refractivity contribution in [3.63, 3.8) is 0 Å². The molecule has 0 aliphatic carbocycles. The van der Waals surface area contributed by atoms with Crippen molar-refractivity contribution in [3.05, 3.63) is 22.8 Å². The fourth-order valence-corrected chi connectivity index (χ4v) is 1.67. The molecule has 0 aliphatic rings. The minimum atomic E-state index is -0.987. The van der Waals surface area contributed by atoms with Crippen molar-refractivity contribution in [2.75, 3.05) is 7.11 Å². The first-order valence-electron chi connectivity index (χ1n) is 4.86. The van der Waals surface area contributed by atoms with E-state index in [0.717, 1.165) is 0 Å². The first-order valence-corrected chi connectivity index (χ1v) is 5.24. The summed E-state index contributed by atoms with van der Waals surface area (Å²) in [5, 5.41) is 13.3. The monoisotopic (exact) mass is 273 g/mol. The lowest BCUT2D eigenvalue weighted by Gasteiger charge is -2.08. The molecule has 0 fully saturated rings. The van der Waals surface area contributed by atoms with Crippen molar-refractivity contribution in [3.8, 4) is 22.9 Å². The maximum absolute atomic E-state index is 13.7. The SMILES string of the molecule is COc1c(Cl)cc(-c2noc(CN)n2)c(O)c1F. The Morgan fingerprint density at radius 3 is 2.89 bits per heavy atom. The maximum atomic E-state index is 13.7. The summed E-state index contributed by atoms with van der Waals surface area (Å²) in [5.74, 6) is -1.74. The van der Waals surface area contributed by atoms with Crippen molar-refractivity contribution >= 4 is 11.6 Å². The molecular weight excluding hydrogens is 265 g/mol. The van der Waals surface area contributed by atoms with Crippen LogP contribution in [-0.2, 0) is 6.54 Å². The highest BCUT2D eigenvalue weighted by Gasteiger charge is 2.21. The van der Waals surface area contributed by atoms with E-state index in [-0.39, 0.29) is 34.6 Å². The fourth-order valence-electron chi connectivity index (χ4n) is 1.40. The predicted octanol–water partition coefficient (Wildman–Crippen LogP) is 1.70. The quantitative estimate of drug-likeness (QED) is 0.884. The number of rotatable bonds is 3. The molecule has 1 heterocycles. The highest BCUT2D eigenvalue weighted by atomic mass is 35.5. The van der Waals surface area contributed by atoms with Gasteiger partial charge in [-0.1, -0.05) is 16.8 Å². The van der Waals surface area contributed by atoms with Crippen molar-refractivity contribution in [1.29, 1.82) is 0 Å². The van der Waals surface area contributed by atoms with Crippen molar-refractivity contribution in [2.45, 2.75) is 6.54 Å². The molecule has 0 spiro atoms. The van der Waals surface area contributed by atoms with Gasteiger partial charge < -0.3 is 20.1 Å². The Labute approximate surface area is 106 Å². The number of aromatic nitrogens is 2. The van der Waals surface area contributed by atoms with Gasteiger partial charge in [-0.3, -0.25) is 0 Å². The van der Waals surface area contributed by atoms with Gasteiger partial charge >= 0.3 is 0 Å². The van der Waals surface area contributed by atoms with Gasteiger partial charge in [0, 0.05) is 0 Å². The molecular formula is C10H9ClFN3O3. The predicted molar refractivity (Wildman–Crippen MR) is 60.8 cm³/mol. The smallest absolute Gasteiger partial charge is 0.240 e. The molecule has 0 saturated carbocycles. The summed E-state index contributed by atoms with van der Waals surface area (Å²) in [6.07, 6.45) is 0. The number of aromatic hydroxyl groups is 1. The van der Waals surface area contributed by atoms with E-state index in [9.17, 15) is 9.50 Å². The molecule has 0 radical (unpaired) electrons. The van der Waals surface area contributed by atoms with Crippen LogP contribution in [0.15, 0.2) is 10.6 Å². The Bertz CT molecular complexity index is 588. The summed E-state index contributed by atoms with van der Waals surface area (Å²) < 4.78 is 23.2. The zero-order valence-electron chi connectivity index (χ0n) is 9.28. The van der Waals surface area contributed by atoms with E-state index in [1.807, 2.05) is 0 Å². The minimum absolute atomic E-state index is 0.00162. The molecule has 18 heavy (non-hydrogen) atoms. The molecule has 0 atom stereocenters. The summed E-state index contributed by atoms with van der Waals surface area (Å²) >= 11 is 5.81. The highest BCUT2D eigenvalue weighted by molar-refractivity contribution is 6.32. The zero-order valence-corrected chi connectivity index (χ0v) is 10.0. The summed E-state index contributed by atoms with van der Waals surface area (Å²) in [6, 6.07) is 1.28. The second kappa shape index (κ2) is 4.79. The molecule has 0 bridgehead atoms. The topological polar surface area (TPSA) is 94.4 Å². The molecule has 0 aliphatic heterocycles. The van der Waals surface area contributed by atoms with Gasteiger partial charge in [0.2, 0.25) is 17.5 Å². The first kappa shape index (κ1) is 12.6. The molecule has 0 amide bonds. The Balaban J connectivity index is 2.58. The number of methoxy groups -OCH3 is 1. The molecule has 3 N–H and O–H groups in total. The van der Waals surface area contributed by atoms with Gasteiger partial charge in [0.1, 0.15) is 0 Å². The van der Waals surface area contributed by atoms with E-state index in [4.69, 9.17) is 26.6 Å². The van der Waals surface area contributed by atoms with Crippen LogP contribution in [0, 0.1) is 5.82 Å². The van der Waals surface area contributed by atoms with Crippen LogP contribution in [0.3, 0.4) is 0 Å². The first-order chi connectivity index (χ1) is 8.58. The third-order valence-electron chi connectivity index (χ3n) is 2.24. The highest BCUT2D eigenvalue weighted by Crippen LogP contribution is 2.40. The van der Waals surface area contributed by atoms with E-state index in [2.05, 4.69) is 10.1 Å². The fraction of sp³-hybridized carbons (Fsp3) is 0.200. The standard InChI is InChI=1S/C10H9ClFN3O3/c1-17-9-5(11)2-4(8(16)7(9)12)10-14-6(3-13)18-15-10/h2,16H,3,13H2,1H3. The number of benzene rings is 1. The van der Waals surface area contributed by atoms with E-state index >= 15 is 0 Å². The number of nitrogens with zero attached hydrogens (tertiary/aromatic N) is 2.